The number of oxazole rings is 1. The van der Waals surface area contributed by atoms with Crippen LogP contribution in [0.15, 0.2) is 28.8 Å². The van der Waals surface area contributed by atoms with Crippen molar-refractivity contribution in [3.8, 4) is 11.3 Å². The highest BCUT2D eigenvalue weighted by molar-refractivity contribution is 5.75. The van der Waals surface area contributed by atoms with Crippen molar-refractivity contribution < 1.29 is 18.0 Å². The highest BCUT2D eigenvalue weighted by atomic mass is 19.1. The molecule has 2 rings (SSSR count). The zero-order valence-electron chi connectivity index (χ0n) is 11.2. The zero-order chi connectivity index (χ0) is 14.7. The molecule has 0 aliphatic carbocycles. The van der Waals surface area contributed by atoms with Gasteiger partial charge in [0.25, 0.3) is 0 Å². The van der Waals surface area contributed by atoms with Crippen LogP contribution in [0.5, 0.6) is 0 Å². The van der Waals surface area contributed by atoms with Gasteiger partial charge in [0, 0.05) is 33.0 Å². The molecule has 0 atom stereocenters. The lowest BCUT2D eigenvalue weighted by molar-refractivity contribution is -0.128. The summed E-state index contributed by atoms with van der Waals surface area (Å²) in [5, 5.41) is 0. The SMILES string of the molecule is CN(C)C(=O)CCc1ncc(-c2ccc(F)cc2F)o1. The van der Waals surface area contributed by atoms with Crippen molar-refractivity contribution in [2.45, 2.75) is 12.8 Å². The summed E-state index contributed by atoms with van der Waals surface area (Å²) in [5.74, 6) is -0.842. The van der Waals surface area contributed by atoms with Crippen LogP contribution in [-0.2, 0) is 11.2 Å². The third kappa shape index (κ3) is 3.20. The molecule has 6 heteroatoms. The smallest absolute Gasteiger partial charge is 0.222 e. The number of carbonyl (C=O) groups excluding carboxylic acids is 1. The van der Waals surface area contributed by atoms with E-state index in [9.17, 15) is 13.6 Å². The average Bonchev–Trinajstić information content (AvgIpc) is 2.84. The number of hydrogen-bond donors (Lipinski definition) is 0. The van der Waals surface area contributed by atoms with Gasteiger partial charge < -0.3 is 9.32 Å². The second kappa shape index (κ2) is 5.81. The molecule has 0 radical (unpaired) electrons. The van der Waals surface area contributed by atoms with E-state index in [0.29, 0.717) is 12.3 Å². The van der Waals surface area contributed by atoms with E-state index < -0.39 is 11.6 Å². The van der Waals surface area contributed by atoms with Gasteiger partial charge in [0.1, 0.15) is 11.6 Å². The molecule has 0 saturated carbocycles. The van der Waals surface area contributed by atoms with Crippen molar-refractivity contribution in [1.82, 2.24) is 9.88 Å². The Balaban J connectivity index is 2.11. The number of halogens is 2. The molecule has 4 nitrogen and oxygen atoms in total. The van der Waals surface area contributed by atoms with Gasteiger partial charge in [0.15, 0.2) is 11.7 Å². The zero-order valence-corrected chi connectivity index (χ0v) is 11.2. The molecule has 1 aromatic heterocycles. The molecule has 0 saturated heterocycles. The van der Waals surface area contributed by atoms with E-state index in [4.69, 9.17) is 4.42 Å². The average molecular weight is 280 g/mol. The number of aryl methyl sites for hydroxylation is 1. The van der Waals surface area contributed by atoms with E-state index in [1.54, 1.807) is 14.1 Å². The molecule has 0 aliphatic rings. The Labute approximate surface area is 115 Å². The molecule has 20 heavy (non-hydrogen) atoms. The molecule has 0 spiro atoms. The van der Waals surface area contributed by atoms with Crippen LogP contribution >= 0.6 is 0 Å². The molecule has 2 aromatic rings. The van der Waals surface area contributed by atoms with E-state index in [0.717, 1.165) is 12.1 Å². The predicted octanol–water partition coefficient (Wildman–Crippen LogP) is 2.64. The molecule has 1 aromatic carbocycles. The molecule has 0 aliphatic heterocycles. The van der Waals surface area contributed by atoms with Gasteiger partial charge in [-0.25, -0.2) is 13.8 Å². The van der Waals surface area contributed by atoms with Crippen LogP contribution in [0.4, 0.5) is 8.78 Å². The van der Waals surface area contributed by atoms with Crippen LogP contribution in [0, 0.1) is 11.6 Å². The van der Waals surface area contributed by atoms with Gasteiger partial charge >= 0.3 is 0 Å². The largest absolute Gasteiger partial charge is 0.441 e. The van der Waals surface area contributed by atoms with Gasteiger partial charge in [-0.2, -0.15) is 0 Å². The highest BCUT2D eigenvalue weighted by Gasteiger charge is 2.13. The summed E-state index contributed by atoms with van der Waals surface area (Å²) in [6, 6.07) is 3.23. The Bertz CT molecular complexity index is 623. The molecule has 106 valence electrons. The number of hydrogen-bond acceptors (Lipinski definition) is 3. The Morgan fingerprint density at radius 3 is 2.75 bits per heavy atom. The van der Waals surface area contributed by atoms with Gasteiger partial charge in [-0.15, -0.1) is 0 Å². The van der Waals surface area contributed by atoms with Crippen molar-refractivity contribution in [1.29, 1.82) is 0 Å². The number of amides is 1. The summed E-state index contributed by atoms with van der Waals surface area (Å²) in [6.45, 7) is 0. The maximum atomic E-state index is 13.6. The number of nitrogens with zero attached hydrogens (tertiary/aromatic N) is 2. The summed E-state index contributed by atoms with van der Waals surface area (Å²) in [4.78, 5) is 16.9. The maximum Gasteiger partial charge on any atom is 0.222 e. The first kappa shape index (κ1) is 14.2. The second-order valence-electron chi connectivity index (χ2n) is 4.53. The molecule has 0 bridgehead atoms. The first-order valence-electron chi connectivity index (χ1n) is 6.07. The summed E-state index contributed by atoms with van der Waals surface area (Å²) >= 11 is 0. The first-order valence-corrected chi connectivity index (χ1v) is 6.07. The highest BCUT2D eigenvalue weighted by Crippen LogP contribution is 2.24. The van der Waals surface area contributed by atoms with Crippen LogP contribution in [0.3, 0.4) is 0 Å². The fourth-order valence-corrected chi connectivity index (χ4v) is 1.68. The van der Waals surface area contributed by atoms with E-state index in [-0.39, 0.29) is 23.7 Å². The van der Waals surface area contributed by atoms with Crippen molar-refractivity contribution in [3.63, 3.8) is 0 Å². The Hall–Kier alpha value is -2.24. The number of carbonyl (C=O) groups is 1. The summed E-state index contributed by atoms with van der Waals surface area (Å²) in [7, 11) is 3.33. The van der Waals surface area contributed by atoms with Crippen LogP contribution in [0.1, 0.15) is 12.3 Å². The molecule has 0 fully saturated rings. The quantitative estimate of drug-likeness (QED) is 0.865. The molecule has 1 heterocycles. The van der Waals surface area contributed by atoms with Crippen molar-refractivity contribution in [2.75, 3.05) is 14.1 Å². The molecular weight excluding hydrogens is 266 g/mol. The van der Waals surface area contributed by atoms with Crippen LogP contribution in [0.2, 0.25) is 0 Å². The molecule has 0 N–H and O–H groups in total. The minimum atomic E-state index is -0.711. The van der Waals surface area contributed by atoms with Gasteiger partial charge in [-0.3, -0.25) is 4.79 Å². The Kier molecular flexibility index (Phi) is 4.12. The van der Waals surface area contributed by atoms with E-state index in [1.165, 1.54) is 17.2 Å². The molecule has 0 unspecified atom stereocenters. The predicted molar refractivity (Wildman–Crippen MR) is 68.9 cm³/mol. The van der Waals surface area contributed by atoms with Crippen molar-refractivity contribution in [2.24, 2.45) is 0 Å². The lowest BCUT2D eigenvalue weighted by Gasteiger charge is -2.08. The van der Waals surface area contributed by atoms with Crippen molar-refractivity contribution in [3.05, 3.63) is 41.9 Å². The lowest BCUT2D eigenvalue weighted by Crippen LogP contribution is -2.21. The maximum absolute atomic E-state index is 13.6. The van der Waals surface area contributed by atoms with Gasteiger partial charge in [-0.05, 0) is 12.1 Å². The molecule has 1 amide bonds. The van der Waals surface area contributed by atoms with E-state index in [2.05, 4.69) is 4.98 Å². The second-order valence-corrected chi connectivity index (χ2v) is 4.53. The molecular formula is C14H14F2N2O2. The number of rotatable bonds is 4. The number of aromatic nitrogens is 1. The standard InChI is InChI=1S/C14H14F2N2O2/c1-18(2)14(19)6-5-13-17-8-12(20-13)10-4-3-9(15)7-11(10)16/h3-4,7-8H,5-6H2,1-2H3. The minimum Gasteiger partial charge on any atom is -0.441 e. The third-order valence-corrected chi connectivity index (χ3v) is 2.80. The Morgan fingerprint density at radius 1 is 1.35 bits per heavy atom. The Morgan fingerprint density at radius 2 is 2.10 bits per heavy atom. The third-order valence-electron chi connectivity index (χ3n) is 2.80. The normalized spacial score (nSPS) is 10.6. The fourth-order valence-electron chi connectivity index (χ4n) is 1.68. The summed E-state index contributed by atoms with van der Waals surface area (Å²) in [5.41, 5.74) is 0.143. The van der Waals surface area contributed by atoms with Gasteiger partial charge in [-0.1, -0.05) is 0 Å². The number of benzene rings is 1. The van der Waals surface area contributed by atoms with Crippen LogP contribution in [-0.4, -0.2) is 29.9 Å². The van der Waals surface area contributed by atoms with Crippen molar-refractivity contribution >= 4 is 5.91 Å². The van der Waals surface area contributed by atoms with E-state index >= 15 is 0 Å². The summed E-state index contributed by atoms with van der Waals surface area (Å²) in [6.07, 6.45) is 1.96. The van der Waals surface area contributed by atoms with Crippen LogP contribution in [0.25, 0.3) is 11.3 Å². The van der Waals surface area contributed by atoms with Gasteiger partial charge in [0.05, 0.1) is 11.8 Å². The minimum absolute atomic E-state index is 0.0438. The first-order chi connectivity index (χ1) is 9.47. The summed E-state index contributed by atoms with van der Waals surface area (Å²) < 4.78 is 31.8. The topological polar surface area (TPSA) is 46.3 Å². The fraction of sp³-hybridized carbons (Fsp3) is 0.286. The van der Waals surface area contributed by atoms with Crippen LogP contribution < -0.4 is 0 Å². The lowest BCUT2D eigenvalue weighted by atomic mass is 10.2. The van der Waals surface area contributed by atoms with E-state index in [1.807, 2.05) is 0 Å². The van der Waals surface area contributed by atoms with Gasteiger partial charge in [0.2, 0.25) is 5.91 Å². The monoisotopic (exact) mass is 280 g/mol.